The highest BCUT2D eigenvalue weighted by Crippen LogP contribution is 2.52. The van der Waals surface area contributed by atoms with E-state index in [0.717, 1.165) is 19.4 Å². The molecule has 4 heterocycles. The van der Waals surface area contributed by atoms with Crippen molar-refractivity contribution in [2.45, 2.75) is 30.7 Å². The highest BCUT2D eigenvalue weighted by atomic mass is 16.5. The molecule has 9 nitrogen and oxygen atoms in total. The van der Waals surface area contributed by atoms with E-state index in [1.807, 2.05) is 12.2 Å². The smallest absolute Gasteiger partial charge is 0.231 e. The Morgan fingerprint density at radius 2 is 1.97 bits per heavy atom. The standard InChI is InChI=1S/C23H28N2O7/c1-28-16-9-13(10-17(29-2)20(16)30-3)24-21(26)18-15-6-7-23(32-15)12-25(22(27)19(18)23)11-14-5-4-8-31-14/h6-7,9-10,14-15,18-19H,4-5,8,11-12H2,1-3H3,(H,24,26)/t14?,15-,18?,19?,23-/m1/s1. The first kappa shape index (κ1) is 21.1. The van der Waals surface area contributed by atoms with Crippen molar-refractivity contribution in [3.63, 3.8) is 0 Å². The molecule has 1 spiro atoms. The Bertz CT molecular complexity index is 933. The lowest BCUT2D eigenvalue weighted by atomic mass is 9.77. The molecule has 5 atom stereocenters. The molecule has 3 saturated heterocycles. The van der Waals surface area contributed by atoms with Gasteiger partial charge in [-0.15, -0.1) is 0 Å². The fourth-order valence-corrected chi connectivity index (χ4v) is 5.45. The zero-order valence-electron chi connectivity index (χ0n) is 18.5. The number of methoxy groups -OCH3 is 3. The molecule has 2 bridgehead atoms. The minimum Gasteiger partial charge on any atom is -0.493 e. The van der Waals surface area contributed by atoms with Crippen molar-refractivity contribution < 1.29 is 33.3 Å². The van der Waals surface area contributed by atoms with Gasteiger partial charge in [0.25, 0.3) is 0 Å². The van der Waals surface area contributed by atoms with Crippen LogP contribution in [-0.2, 0) is 19.1 Å². The fraction of sp³-hybridized carbons (Fsp3) is 0.565. The molecule has 3 fully saturated rings. The number of fused-ring (bicyclic) bond motifs is 1. The maximum atomic E-state index is 13.4. The van der Waals surface area contributed by atoms with Gasteiger partial charge in [-0.1, -0.05) is 12.2 Å². The van der Waals surface area contributed by atoms with Gasteiger partial charge in [-0.05, 0) is 12.8 Å². The molecule has 32 heavy (non-hydrogen) atoms. The van der Waals surface area contributed by atoms with E-state index in [2.05, 4.69) is 5.32 Å². The molecule has 0 radical (unpaired) electrons. The van der Waals surface area contributed by atoms with E-state index in [9.17, 15) is 9.59 Å². The van der Waals surface area contributed by atoms with Gasteiger partial charge in [-0.3, -0.25) is 9.59 Å². The summed E-state index contributed by atoms with van der Waals surface area (Å²) in [5.41, 5.74) is -0.246. The second-order valence-electron chi connectivity index (χ2n) is 8.66. The summed E-state index contributed by atoms with van der Waals surface area (Å²) in [4.78, 5) is 28.5. The van der Waals surface area contributed by atoms with Gasteiger partial charge < -0.3 is 33.9 Å². The molecular weight excluding hydrogens is 416 g/mol. The van der Waals surface area contributed by atoms with E-state index in [-0.39, 0.29) is 17.9 Å². The maximum absolute atomic E-state index is 13.4. The highest BCUT2D eigenvalue weighted by Gasteiger charge is 2.66. The lowest BCUT2D eigenvalue weighted by Crippen LogP contribution is -2.42. The summed E-state index contributed by atoms with van der Waals surface area (Å²) < 4.78 is 28.0. The number of nitrogens with one attached hydrogen (secondary N) is 1. The van der Waals surface area contributed by atoms with Crippen LogP contribution in [0.4, 0.5) is 5.69 Å². The zero-order valence-corrected chi connectivity index (χ0v) is 18.5. The minimum atomic E-state index is -0.738. The van der Waals surface area contributed by atoms with Crippen molar-refractivity contribution in [2.75, 3.05) is 46.3 Å². The van der Waals surface area contributed by atoms with Crippen molar-refractivity contribution in [3.8, 4) is 17.2 Å². The normalized spacial score (nSPS) is 32.3. The summed E-state index contributed by atoms with van der Waals surface area (Å²) in [5.74, 6) is -0.161. The van der Waals surface area contributed by atoms with Gasteiger partial charge in [-0.25, -0.2) is 0 Å². The van der Waals surface area contributed by atoms with Crippen LogP contribution in [0.25, 0.3) is 0 Å². The molecule has 0 saturated carbocycles. The third-order valence-corrected chi connectivity index (χ3v) is 6.86. The van der Waals surface area contributed by atoms with Gasteiger partial charge in [0.2, 0.25) is 17.6 Å². The number of carbonyl (C=O) groups excluding carboxylic acids is 2. The number of benzene rings is 1. The molecule has 1 aromatic rings. The number of hydrogen-bond acceptors (Lipinski definition) is 7. The van der Waals surface area contributed by atoms with Crippen LogP contribution >= 0.6 is 0 Å². The molecule has 5 rings (SSSR count). The molecule has 172 valence electrons. The van der Waals surface area contributed by atoms with Crippen molar-refractivity contribution >= 4 is 17.5 Å². The fourth-order valence-electron chi connectivity index (χ4n) is 5.45. The predicted octanol–water partition coefficient (Wildman–Crippen LogP) is 1.61. The van der Waals surface area contributed by atoms with Gasteiger partial charge >= 0.3 is 0 Å². The average molecular weight is 444 g/mol. The first-order chi connectivity index (χ1) is 15.5. The topological polar surface area (TPSA) is 95.6 Å². The van der Waals surface area contributed by atoms with Crippen LogP contribution in [0.5, 0.6) is 17.2 Å². The van der Waals surface area contributed by atoms with E-state index in [1.54, 1.807) is 17.0 Å². The summed E-state index contributed by atoms with van der Waals surface area (Å²) in [7, 11) is 4.55. The Hall–Kier alpha value is -2.78. The Kier molecular flexibility index (Phi) is 5.25. The summed E-state index contributed by atoms with van der Waals surface area (Å²) in [6.45, 7) is 1.73. The van der Waals surface area contributed by atoms with Crippen LogP contribution in [-0.4, -0.2) is 75.5 Å². The van der Waals surface area contributed by atoms with Crippen LogP contribution < -0.4 is 19.5 Å². The van der Waals surface area contributed by atoms with Crippen molar-refractivity contribution in [1.82, 2.24) is 4.90 Å². The van der Waals surface area contributed by atoms with Crippen molar-refractivity contribution in [3.05, 3.63) is 24.3 Å². The summed E-state index contributed by atoms with van der Waals surface area (Å²) >= 11 is 0. The minimum absolute atomic E-state index is 0.0441. The Morgan fingerprint density at radius 3 is 2.59 bits per heavy atom. The number of amides is 2. The number of nitrogens with zero attached hydrogens (tertiary/aromatic N) is 1. The van der Waals surface area contributed by atoms with Gasteiger partial charge in [0.05, 0.1) is 51.9 Å². The third-order valence-electron chi connectivity index (χ3n) is 6.86. The van der Waals surface area contributed by atoms with Gasteiger partial charge in [0, 0.05) is 31.0 Å². The summed E-state index contributed by atoms with van der Waals surface area (Å²) in [5, 5.41) is 2.92. The van der Waals surface area contributed by atoms with Crippen LogP contribution in [0.1, 0.15) is 12.8 Å². The van der Waals surface area contributed by atoms with Crippen LogP contribution in [0, 0.1) is 11.8 Å². The highest BCUT2D eigenvalue weighted by molar-refractivity contribution is 5.99. The second-order valence-corrected chi connectivity index (χ2v) is 8.66. The van der Waals surface area contributed by atoms with Crippen LogP contribution in [0.3, 0.4) is 0 Å². The number of likely N-dealkylation sites (tertiary alicyclic amines) is 1. The monoisotopic (exact) mass is 444 g/mol. The second kappa shape index (κ2) is 7.97. The molecule has 0 aliphatic carbocycles. The van der Waals surface area contributed by atoms with Gasteiger partial charge in [-0.2, -0.15) is 0 Å². The summed E-state index contributed by atoms with van der Waals surface area (Å²) in [6.07, 6.45) is 5.46. The molecule has 0 aromatic heterocycles. The number of hydrogen-bond donors (Lipinski definition) is 1. The molecule has 3 unspecified atom stereocenters. The van der Waals surface area contributed by atoms with Crippen LogP contribution in [0.15, 0.2) is 24.3 Å². The predicted molar refractivity (Wildman–Crippen MR) is 114 cm³/mol. The average Bonchev–Trinajstić information content (AvgIpc) is 3.56. The largest absolute Gasteiger partial charge is 0.493 e. The Morgan fingerprint density at radius 1 is 1.22 bits per heavy atom. The molecule has 2 amide bonds. The lowest BCUT2D eigenvalue weighted by Gasteiger charge is -2.24. The molecule has 4 aliphatic heterocycles. The molecule has 4 aliphatic rings. The first-order valence-electron chi connectivity index (χ1n) is 10.9. The maximum Gasteiger partial charge on any atom is 0.231 e. The quantitative estimate of drug-likeness (QED) is 0.639. The van der Waals surface area contributed by atoms with E-state index < -0.39 is 23.5 Å². The number of carbonyl (C=O) groups is 2. The lowest BCUT2D eigenvalue weighted by molar-refractivity contribution is -0.136. The van der Waals surface area contributed by atoms with Crippen LogP contribution in [0.2, 0.25) is 0 Å². The third kappa shape index (κ3) is 3.22. The van der Waals surface area contributed by atoms with E-state index >= 15 is 0 Å². The number of rotatable bonds is 7. The van der Waals surface area contributed by atoms with Gasteiger partial charge in [0.15, 0.2) is 11.5 Å². The number of ether oxygens (including phenoxy) is 5. The molecular formula is C23H28N2O7. The van der Waals surface area contributed by atoms with E-state index in [0.29, 0.717) is 36.0 Å². The molecule has 1 aromatic carbocycles. The Balaban J connectivity index is 1.37. The van der Waals surface area contributed by atoms with Gasteiger partial charge in [0.1, 0.15) is 5.60 Å². The number of anilines is 1. The van der Waals surface area contributed by atoms with E-state index in [1.165, 1.54) is 21.3 Å². The Labute approximate surface area is 186 Å². The zero-order chi connectivity index (χ0) is 22.5. The SMILES string of the molecule is COc1cc(NC(=O)C2C3C(=O)N(CC4CCCO4)C[C@]34C=C[C@H]2O4)cc(OC)c1OC. The molecule has 1 N–H and O–H groups in total. The molecule has 9 heteroatoms. The first-order valence-corrected chi connectivity index (χ1v) is 10.9. The summed E-state index contributed by atoms with van der Waals surface area (Å²) in [6, 6.07) is 3.33. The van der Waals surface area contributed by atoms with E-state index in [4.69, 9.17) is 23.7 Å². The van der Waals surface area contributed by atoms with Crippen molar-refractivity contribution in [2.24, 2.45) is 11.8 Å². The van der Waals surface area contributed by atoms with Crippen molar-refractivity contribution in [1.29, 1.82) is 0 Å².